The fraction of sp³-hybridized carbons (Fsp3) is 0.750. The van der Waals surface area contributed by atoms with E-state index < -0.39 is 5.54 Å². The zero-order chi connectivity index (χ0) is 16.4. The van der Waals surface area contributed by atoms with Crippen molar-refractivity contribution in [3.63, 3.8) is 0 Å². The summed E-state index contributed by atoms with van der Waals surface area (Å²) in [5, 5.41) is 19.5. The fourth-order valence-corrected chi connectivity index (χ4v) is 3.93. The van der Waals surface area contributed by atoms with Gasteiger partial charge in [-0.15, -0.1) is 0 Å². The first-order valence-corrected chi connectivity index (χ1v) is 7.83. The van der Waals surface area contributed by atoms with Gasteiger partial charge in [-0.05, 0) is 37.5 Å². The molecule has 1 saturated carbocycles. The first-order chi connectivity index (χ1) is 10.2. The summed E-state index contributed by atoms with van der Waals surface area (Å²) in [6.07, 6.45) is 2.87. The van der Waals surface area contributed by atoms with Gasteiger partial charge in [0, 0.05) is 11.6 Å². The number of aliphatic hydroxyl groups excluding tert-OH is 1. The average Bonchev–Trinajstić information content (AvgIpc) is 2.79. The van der Waals surface area contributed by atoms with Crippen LogP contribution in [0.5, 0.6) is 0 Å². The molecule has 1 heterocycles. The maximum atomic E-state index is 12.0. The number of anilines is 1. The van der Waals surface area contributed by atoms with E-state index in [-0.39, 0.29) is 24.5 Å². The lowest BCUT2D eigenvalue weighted by atomic mass is 9.64. The fourth-order valence-electron chi connectivity index (χ4n) is 3.93. The minimum atomic E-state index is -0.393. The number of nitrogens with zero attached hydrogens (tertiary/aromatic N) is 1. The summed E-state index contributed by atoms with van der Waals surface area (Å²) in [5.41, 5.74) is 0.486. The van der Waals surface area contributed by atoms with Crippen molar-refractivity contribution in [2.45, 2.75) is 52.5 Å². The molecular weight excluding hydrogens is 282 g/mol. The van der Waals surface area contributed by atoms with E-state index in [1.165, 1.54) is 0 Å². The highest BCUT2D eigenvalue weighted by Crippen LogP contribution is 2.43. The van der Waals surface area contributed by atoms with Crippen LogP contribution in [0.2, 0.25) is 0 Å². The van der Waals surface area contributed by atoms with Crippen LogP contribution in [0.15, 0.2) is 10.6 Å². The molecule has 6 heteroatoms. The molecule has 1 aromatic rings. The van der Waals surface area contributed by atoms with E-state index in [0.29, 0.717) is 11.8 Å². The van der Waals surface area contributed by atoms with Crippen molar-refractivity contribution in [2.75, 3.05) is 18.5 Å². The number of nitrogens with one attached hydrogen (secondary N) is 2. The molecule has 2 atom stereocenters. The summed E-state index contributed by atoms with van der Waals surface area (Å²) < 4.78 is 4.97. The molecule has 124 valence electrons. The Hall–Kier alpha value is -1.40. The Balaban J connectivity index is 1.94. The molecule has 2 rings (SSSR count). The summed E-state index contributed by atoms with van der Waals surface area (Å²) in [7, 11) is 0. The molecule has 1 amide bonds. The van der Waals surface area contributed by atoms with E-state index in [0.717, 1.165) is 25.0 Å². The summed E-state index contributed by atoms with van der Waals surface area (Å²) in [4.78, 5) is 12.0. The normalized spacial score (nSPS) is 27.6. The number of amides is 1. The summed E-state index contributed by atoms with van der Waals surface area (Å²) in [5.74, 6) is 0.670. The lowest BCUT2D eigenvalue weighted by molar-refractivity contribution is -0.116. The number of aromatic nitrogens is 1. The first-order valence-electron chi connectivity index (χ1n) is 7.83. The molecule has 0 bridgehead atoms. The highest BCUT2D eigenvalue weighted by atomic mass is 16.5. The number of carbonyl (C=O) groups is 1. The third-order valence-electron chi connectivity index (χ3n) is 4.27. The van der Waals surface area contributed by atoms with E-state index in [1.54, 1.807) is 13.0 Å². The molecule has 2 unspecified atom stereocenters. The van der Waals surface area contributed by atoms with E-state index in [2.05, 4.69) is 36.6 Å². The van der Waals surface area contributed by atoms with Crippen LogP contribution >= 0.6 is 0 Å². The highest BCUT2D eigenvalue weighted by molar-refractivity contribution is 5.91. The third-order valence-corrected chi connectivity index (χ3v) is 4.27. The molecule has 0 saturated heterocycles. The predicted molar refractivity (Wildman–Crippen MR) is 84.5 cm³/mol. The molecule has 0 spiro atoms. The Morgan fingerprint density at radius 3 is 2.77 bits per heavy atom. The second-order valence-corrected chi connectivity index (χ2v) is 7.53. The monoisotopic (exact) mass is 309 g/mol. The van der Waals surface area contributed by atoms with Crippen LogP contribution in [0, 0.1) is 18.3 Å². The number of aliphatic hydroxyl groups is 1. The van der Waals surface area contributed by atoms with Crippen LogP contribution < -0.4 is 10.6 Å². The SMILES string of the molecule is Cc1cc(NC(=O)CNC2(CO)CC(C)CC(C)(C)C2)on1. The van der Waals surface area contributed by atoms with Crippen molar-refractivity contribution in [3.8, 4) is 0 Å². The molecular formula is C16H27N3O3. The molecule has 0 aliphatic heterocycles. The molecule has 0 aromatic carbocycles. The average molecular weight is 309 g/mol. The van der Waals surface area contributed by atoms with Crippen molar-refractivity contribution in [1.82, 2.24) is 10.5 Å². The Bertz CT molecular complexity index is 526. The largest absolute Gasteiger partial charge is 0.394 e. The van der Waals surface area contributed by atoms with Gasteiger partial charge < -0.3 is 14.9 Å². The zero-order valence-corrected chi connectivity index (χ0v) is 13.9. The predicted octanol–water partition coefficient (Wildman–Crippen LogP) is 2.09. The van der Waals surface area contributed by atoms with Crippen LogP contribution in [-0.2, 0) is 4.79 Å². The van der Waals surface area contributed by atoms with Gasteiger partial charge in [0.25, 0.3) is 0 Å². The molecule has 1 aromatic heterocycles. The highest BCUT2D eigenvalue weighted by Gasteiger charge is 2.42. The van der Waals surface area contributed by atoms with Gasteiger partial charge in [0.2, 0.25) is 11.8 Å². The number of carbonyl (C=O) groups excluding carboxylic acids is 1. The molecule has 0 radical (unpaired) electrons. The van der Waals surface area contributed by atoms with Crippen molar-refractivity contribution in [2.24, 2.45) is 11.3 Å². The summed E-state index contributed by atoms with van der Waals surface area (Å²) >= 11 is 0. The summed E-state index contributed by atoms with van der Waals surface area (Å²) in [6, 6.07) is 1.67. The molecule has 1 aliphatic rings. The smallest absolute Gasteiger partial charge is 0.240 e. The Kier molecular flexibility index (Phi) is 4.92. The van der Waals surface area contributed by atoms with Gasteiger partial charge in [-0.2, -0.15) is 0 Å². The maximum absolute atomic E-state index is 12.0. The van der Waals surface area contributed by atoms with E-state index in [9.17, 15) is 9.90 Å². The molecule has 3 N–H and O–H groups in total. The van der Waals surface area contributed by atoms with Crippen molar-refractivity contribution >= 4 is 11.8 Å². The van der Waals surface area contributed by atoms with Gasteiger partial charge in [-0.3, -0.25) is 10.1 Å². The Morgan fingerprint density at radius 2 is 2.23 bits per heavy atom. The minimum absolute atomic E-state index is 0.0372. The number of hydrogen-bond acceptors (Lipinski definition) is 5. The van der Waals surface area contributed by atoms with Crippen molar-refractivity contribution in [1.29, 1.82) is 0 Å². The van der Waals surface area contributed by atoms with Gasteiger partial charge in [-0.1, -0.05) is 25.9 Å². The van der Waals surface area contributed by atoms with Gasteiger partial charge in [0.15, 0.2) is 0 Å². The number of rotatable bonds is 5. The van der Waals surface area contributed by atoms with E-state index in [4.69, 9.17) is 4.52 Å². The van der Waals surface area contributed by atoms with Crippen LogP contribution in [0.1, 0.15) is 45.7 Å². The molecule has 1 fully saturated rings. The topological polar surface area (TPSA) is 87.4 Å². The maximum Gasteiger partial charge on any atom is 0.240 e. The lowest BCUT2D eigenvalue weighted by Gasteiger charge is -2.47. The zero-order valence-electron chi connectivity index (χ0n) is 13.9. The molecule has 22 heavy (non-hydrogen) atoms. The van der Waals surface area contributed by atoms with Gasteiger partial charge in [0.05, 0.1) is 18.8 Å². The van der Waals surface area contributed by atoms with Crippen molar-refractivity contribution in [3.05, 3.63) is 11.8 Å². The second kappa shape index (κ2) is 6.38. The Morgan fingerprint density at radius 1 is 1.50 bits per heavy atom. The molecule has 1 aliphatic carbocycles. The van der Waals surface area contributed by atoms with Gasteiger partial charge in [-0.25, -0.2) is 0 Å². The number of aryl methyl sites for hydroxylation is 1. The summed E-state index contributed by atoms with van der Waals surface area (Å²) in [6.45, 7) is 8.60. The van der Waals surface area contributed by atoms with Crippen LogP contribution in [-0.4, -0.2) is 34.9 Å². The van der Waals surface area contributed by atoms with Gasteiger partial charge >= 0.3 is 0 Å². The van der Waals surface area contributed by atoms with Crippen LogP contribution in [0.25, 0.3) is 0 Å². The minimum Gasteiger partial charge on any atom is -0.394 e. The van der Waals surface area contributed by atoms with Gasteiger partial charge in [0.1, 0.15) is 0 Å². The lowest BCUT2D eigenvalue weighted by Crippen LogP contribution is -2.56. The first kappa shape index (κ1) is 17.0. The standard InChI is InChI=1S/C16H27N3O3/c1-11-6-15(3,4)9-16(7-11,10-20)17-8-13(21)18-14-5-12(2)19-22-14/h5,11,17,20H,6-10H2,1-4H3,(H,18,21). The van der Waals surface area contributed by atoms with E-state index >= 15 is 0 Å². The second-order valence-electron chi connectivity index (χ2n) is 7.53. The third kappa shape index (κ3) is 4.30. The Labute approximate surface area is 131 Å². The van der Waals surface area contributed by atoms with Crippen molar-refractivity contribution < 1.29 is 14.4 Å². The molecule has 6 nitrogen and oxygen atoms in total. The van der Waals surface area contributed by atoms with Crippen LogP contribution in [0.3, 0.4) is 0 Å². The quantitative estimate of drug-likeness (QED) is 0.775. The van der Waals surface area contributed by atoms with Crippen LogP contribution in [0.4, 0.5) is 5.88 Å². The number of hydrogen-bond donors (Lipinski definition) is 3. The van der Waals surface area contributed by atoms with E-state index in [1.807, 2.05) is 0 Å².